The van der Waals surface area contributed by atoms with Gasteiger partial charge in [0, 0.05) is 22.2 Å². The number of ether oxygens (including phenoxy) is 2. The van der Waals surface area contributed by atoms with E-state index in [0.717, 1.165) is 51.9 Å². The third kappa shape index (κ3) is 9.46. The molecule has 76 heavy (non-hydrogen) atoms. The van der Waals surface area contributed by atoms with E-state index >= 15 is 0 Å². The molecule has 4 aromatic heterocycles. The molecule has 0 spiro atoms. The van der Waals surface area contributed by atoms with Crippen molar-refractivity contribution in [2.24, 2.45) is 11.8 Å². The smallest absolute Gasteiger partial charge is 0.328 e. The molecule has 0 saturated heterocycles. The highest BCUT2D eigenvalue weighted by Crippen LogP contribution is 2.37. The molecule has 0 aliphatic heterocycles. The molecule has 0 fully saturated rings. The molecule has 0 aliphatic rings. The van der Waals surface area contributed by atoms with Crippen molar-refractivity contribution in [3.05, 3.63) is 211 Å². The van der Waals surface area contributed by atoms with Crippen molar-refractivity contribution in [2.75, 3.05) is 13.2 Å². The fourth-order valence-corrected chi connectivity index (χ4v) is 9.79. The Morgan fingerprint density at radius 3 is 1.42 bits per heavy atom. The van der Waals surface area contributed by atoms with E-state index < -0.39 is 6.85 Å². The van der Waals surface area contributed by atoms with Crippen molar-refractivity contribution < 1.29 is 18.3 Å². The zero-order valence-electron chi connectivity index (χ0n) is 42.9. The highest BCUT2D eigenvalue weighted by Gasteiger charge is 2.35. The number of hydrogen-bond acceptors (Lipinski definition) is 8. The van der Waals surface area contributed by atoms with Gasteiger partial charge in [-0.1, -0.05) is 172 Å². The fourth-order valence-electron chi connectivity index (χ4n) is 9.79. The van der Waals surface area contributed by atoms with Crippen molar-refractivity contribution in [1.82, 2.24) is 18.9 Å². The molecule has 11 aromatic rings. The molecule has 0 saturated carbocycles. The van der Waals surface area contributed by atoms with Crippen LogP contribution in [0.1, 0.15) is 52.3 Å². The van der Waals surface area contributed by atoms with Gasteiger partial charge in [-0.3, -0.25) is 0 Å². The summed E-state index contributed by atoms with van der Waals surface area (Å²) in [5.41, 5.74) is 8.43. The highest BCUT2D eigenvalue weighted by atomic mass is 16.5. The molecule has 7 aromatic carbocycles. The third-order valence-electron chi connectivity index (χ3n) is 14.2. The predicted molar refractivity (Wildman–Crippen MR) is 305 cm³/mol. The molecule has 10 nitrogen and oxygen atoms in total. The molecule has 0 aliphatic carbocycles. The average Bonchev–Trinajstić information content (AvgIpc) is 4.44. The van der Waals surface area contributed by atoms with Gasteiger partial charge >= 0.3 is 6.85 Å². The first-order chi connectivity index (χ1) is 37.3. The molecule has 0 N–H and O–H groups in total. The average molecular weight is 992 g/mol. The van der Waals surface area contributed by atoms with E-state index in [0.29, 0.717) is 80.1 Å². The SMILES string of the molecule is CCC(C)COc1ccc(-c2c3/c(=C(\C#N)c4nc5ccccc5o4)n(B(c4ccccc4)c4ccccc4)c(-c4ccc(OCC(C)CC)cc4)c3/c(=C(\C#N)c3nc4ccccc4o3)n2[B]c2ccccc2)cc1. The molecule has 0 amide bonds. The van der Waals surface area contributed by atoms with Gasteiger partial charge < -0.3 is 27.3 Å². The lowest BCUT2D eigenvalue weighted by Gasteiger charge is -2.22. The third-order valence-corrected chi connectivity index (χ3v) is 14.2. The van der Waals surface area contributed by atoms with E-state index in [9.17, 15) is 10.5 Å². The van der Waals surface area contributed by atoms with Crippen LogP contribution in [0.4, 0.5) is 0 Å². The summed E-state index contributed by atoms with van der Waals surface area (Å²) in [5, 5.41) is 26.3. The maximum atomic E-state index is 12.0. The summed E-state index contributed by atoms with van der Waals surface area (Å²) in [5.74, 6) is 2.46. The molecule has 369 valence electrons. The van der Waals surface area contributed by atoms with Crippen LogP contribution >= 0.6 is 0 Å². The number of aromatic nitrogens is 4. The molecular weight excluding hydrogens is 938 g/mol. The first kappa shape index (κ1) is 49.0. The van der Waals surface area contributed by atoms with Crippen molar-refractivity contribution in [1.29, 1.82) is 10.5 Å². The standard InChI is InChI=1S/C64H53B2N6O4/c1-5-42(3)40-73-49-34-30-44(31-35-49)59-57-58(61(71(59)65-46-20-10-7-11-21-46)51(38-67)63-69-53-26-16-18-28-55(53)75-63)60(45-32-36-50(37-33-45)74-41-43(4)6-2)72(66(47-22-12-8-13-23-47)48-24-14-9-15-25-48)62(57)52(39-68)64-70-54-27-17-19-29-56(54)76-64/h7-37,42-43H,5-6,40-41H2,1-4H3/b61-51-,62-52-. The zero-order chi connectivity index (χ0) is 52.1. The zero-order valence-corrected chi connectivity index (χ0v) is 42.9. The Balaban J connectivity index is 1.41. The lowest BCUT2D eigenvalue weighted by molar-refractivity contribution is 0.256. The topological polar surface area (TPSA) is 128 Å². The highest BCUT2D eigenvalue weighted by molar-refractivity contribution is 6.84. The maximum Gasteiger partial charge on any atom is 0.328 e. The number of rotatable bonds is 17. The normalized spacial score (nSPS) is 13.0. The summed E-state index contributed by atoms with van der Waals surface area (Å²) in [6.45, 7) is 9.24. The van der Waals surface area contributed by atoms with Gasteiger partial charge in [0.25, 0.3) is 7.41 Å². The van der Waals surface area contributed by atoms with Crippen molar-refractivity contribution in [3.8, 4) is 46.2 Å². The summed E-state index contributed by atoms with van der Waals surface area (Å²) in [4.78, 5) is 10.1. The molecule has 1 radical (unpaired) electrons. The maximum absolute atomic E-state index is 12.0. The van der Waals surface area contributed by atoms with Crippen LogP contribution < -0.4 is 36.6 Å². The number of oxazole rings is 2. The summed E-state index contributed by atoms with van der Waals surface area (Å²) in [6, 6.07) is 67.2. The summed E-state index contributed by atoms with van der Waals surface area (Å²) in [7, 11) is 2.04. The number of fused-ring (bicyclic) bond motifs is 3. The molecule has 11 rings (SSSR count). The second-order valence-electron chi connectivity index (χ2n) is 19.3. The second-order valence-corrected chi connectivity index (χ2v) is 19.3. The van der Waals surface area contributed by atoms with Gasteiger partial charge in [0.15, 0.2) is 11.2 Å². The van der Waals surface area contributed by atoms with Crippen LogP contribution in [-0.4, -0.2) is 46.4 Å². The van der Waals surface area contributed by atoms with Crippen LogP contribution in [0.3, 0.4) is 0 Å². The number of hydrogen-bond donors (Lipinski definition) is 0. The minimum atomic E-state index is -0.563. The van der Waals surface area contributed by atoms with Gasteiger partial charge in [-0.25, -0.2) is 9.97 Å². The monoisotopic (exact) mass is 991 g/mol. The molecular formula is C64H53B2N6O4. The van der Waals surface area contributed by atoms with E-state index in [1.54, 1.807) is 0 Å². The first-order valence-electron chi connectivity index (χ1n) is 25.9. The van der Waals surface area contributed by atoms with E-state index in [1.807, 2.05) is 159 Å². The van der Waals surface area contributed by atoms with E-state index in [-0.39, 0.29) is 22.9 Å². The van der Waals surface area contributed by atoms with Crippen LogP contribution in [0.5, 0.6) is 11.5 Å². The minimum Gasteiger partial charge on any atom is -0.493 e. The lowest BCUT2D eigenvalue weighted by Crippen LogP contribution is -2.53. The molecule has 2 atom stereocenters. The Bertz CT molecular complexity index is 3950. The summed E-state index contributed by atoms with van der Waals surface area (Å²) < 4.78 is 30.4. The number of nitriles is 2. The minimum absolute atomic E-state index is 0.145. The lowest BCUT2D eigenvalue weighted by atomic mass is 9.50. The molecule has 0 bridgehead atoms. The Morgan fingerprint density at radius 1 is 0.539 bits per heavy atom. The van der Waals surface area contributed by atoms with Gasteiger partial charge in [-0.05, 0) is 95.8 Å². The van der Waals surface area contributed by atoms with Gasteiger partial charge in [-0.15, -0.1) is 0 Å². The van der Waals surface area contributed by atoms with Crippen molar-refractivity contribution >= 4 is 74.8 Å². The van der Waals surface area contributed by atoms with Crippen LogP contribution in [-0.2, 0) is 0 Å². The van der Waals surface area contributed by atoms with Crippen LogP contribution in [0.15, 0.2) is 197 Å². The quantitative estimate of drug-likeness (QED) is 0.0825. The summed E-state index contributed by atoms with van der Waals surface area (Å²) in [6.07, 6.45) is 1.97. The van der Waals surface area contributed by atoms with Crippen LogP contribution in [0.2, 0.25) is 0 Å². The predicted octanol–water partition coefficient (Wildman–Crippen LogP) is 10.8. The van der Waals surface area contributed by atoms with E-state index in [1.165, 1.54) is 0 Å². The van der Waals surface area contributed by atoms with Crippen molar-refractivity contribution in [3.63, 3.8) is 0 Å². The number of para-hydroxylation sites is 4. The second kappa shape index (κ2) is 21.7. The van der Waals surface area contributed by atoms with Gasteiger partial charge in [0.1, 0.15) is 45.8 Å². The van der Waals surface area contributed by atoms with Gasteiger partial charge in [-0.2, -0.15) is 10.5 Å². The Hall–Kier alpha value is -9.25. The van der Waals surface area contributed by atoms with Crippen LogP contribution in [0.25, 0.3) is 66.6 Å². The molecule has 2 unspecified atom stereocenters. The van der Waals surface area contributed by atoms with Gasteiger partial charge in [0.2, 0.25) is 11.8 Å². The Kier molecular flexibility index (Phi) is 14.0. The molecule has 4 heterocycles. The van der Waals surface area contributed by atoms with Crippen LogP contribution in [0, 0.1) is 34.5 Å². The van der Waals surface area contributed by atoms with Gasteiger partial charge in [0.05, 0.1) is 23.9 Å². The Morgan fingerprint density at radius 2 is 0.961 bits per heavy atom. The number of benzene rings is 7. The first-order valence-corrected chi connectivity index (χ1v) is 25.9. The number of nitrogens with zero attached hydrogens (tertiary/aromatic N) is 6. The fraction of sp³-hybridized carbons (Fsp3) is 0.156. The molecule has 12 heteroatoms. The largest absolute Gasteiger partial charge is 0.493 e. The van der Waals surface area contributed by atoms with E-state index in [4.69, 9.17) is 28.3 Å². The Labute approximate surface area is 442 Å². The summed E-state index contributed by atoms with van der Waals surface area (Å²) >= 11 is 0. The van der Waals surface area contributed by atoms with Crippen molar-refractivity contribution in [2.45, 2.75) is 40.5 Å². The van der Waals surface area contributed by atoms with E-state index in [2.05, 4.69) is 85.2 Å².